The summed E-state index contributed by atoms with van der Waals surface area (Å²) in [5, 5.41) is 0. The number of hydrogen-bond donors (Lipinski definition) is 0. The third-order valence-electron chi connectivity index (χ3n) is 3.58. The molecule has 0 aliphatic heterocycles. The van der Waals surface area contributed by atoms with E-state index in [0.717, 1.165) is 6.42 Å². The molecule has 1 aromatic rings. The van der Waals surface area contributed by atoms with Crippen molar-refractivity contribution < 1.29 is 9.53 Å². The van der Waals surface area contributed by atoms with E-state index in [2.05, 4.69) is 45.0 Å². The molecule has 0 unspecified atom stereocenters. The molecule has 0 bridgehead atoms. The second-order valence-electron chi connectivity index (χ2n) is 6.07. The summed E-state index contributed by atoms with van der Waals surface area (Å²) in [5.41, 5.74) is 2.78. The molecule has 1 saturated carbocycles. The average Bonchev–Trinajstić information content (AvgIpc) is 3.08. The number of rotatable bonds is 3. The molecule has 18 heavy (non-hydrogen) atoms. The fourth-order valence-corrected chi connectivity index (χ4v) is 2.30. The van der Waals surface area contributed by atoms with Crippen molar-refractivity contribution >= 4 is 5.97 Å². The lowest BCUT2D eigenvalue weighted by Gasteiger charge is -2.19. The Hall–Kier alpha value is -1.31. The zero-order valence-corrected chi connectivity index (χ0v) is 11.7. The van der Waals surface area contributed by atoms with Gasteiger partial charge in [0, 0.05) is 0 Å². The molecule has 2 atom stereocenters. The van der Waals surface area contributed by atoms with Crippen molar-refractivity contribution in [2.24, 2.45) is 5.92 Å². The minimum absolute atomic E-state index is 0.0394. The fourth-order valence-electron chi connectivity index (χ4n) is 2.30. The van der Waals surface area contributed by atoms with Crippen molar-refractivity contribution in [1.29, 1.82) is 0 Å². The maximum atomic E-state index is 11.6. The van der Waals surface area contributed by atoms with E-state index < -0.39 is 0 Å². The van der Waals surface area contributed by atoms with Gasteiger partial charge in [-0.3, -0.25) is 4.79 Å². The van der Waals surface area contributed by atoms with Crippen LogP contribution in [0.3, 0.4) is 0 Å². The molecule has 2 nitrogen and oxygen atoms in total. The monoisotopic (exact) mass is 246 g/mol. The molecule has 0 radical (unpaired) electrons. The van der Waals surface area contributed by atoms with Crippen molar-refractivity contribution in [3.05, 3.63) is 35.4 Å². The van der Waals surface area contributed by atoms with Crippen LogP contribution in [-0.2, 0) is 14.9 Å². The molecule has 1 aliphatic rings. The first-order valence-electron chi connectivity index (χ1n) is 6.70. The molecule has 1 aliphatic carbocycles. The van der Waals surface area contributed by atoms with Crippen LogP contribution in [0.1, 0.15) is 51.2 Å². The Balaban J connectivity index is 2.03. The van der Waals surface area contributed by atoms with Gasteiger partial charge in [-0.05, 0) is 35.8 Å². The van der Waals surface area contributed by atoms with Crippen LogP contribution >= 0.6 is 0 Å². The van der Waals surface area contributed by atoms with Crippen molar-refractivity contribution in [3.63, 3.8) is 0 Å². The first-order valence-corrected chi connectivity index (χ1v) is 6.70. The third kappa shape index (κ3) is 2.74. The highest BCUT2D eigenvalue weighted by Crippen LogP contribution is 2.48. The van der Waals surface area contributed by atoms with E-state index in [1.165, 1.54) is 11.1 Å². The summed E-state index contributed by atoms with van der Waals surface area (Å²) in [6.45, 7) is 8.96. The van der Waals surface area contributed by atoms with E-state index in [-0.39, 0.29) is 17.3 Å². The van der Waals surface area contributed by atoms with E-state index in [1.807, 2.05) is 6.92 Å². The summed E-state index contributed by atoms with van der Waals surface area (Å²) < 4.78 is 5.06. The van der Waals surface area contributed by atoms with Gasteiger partial charge in [0.05, 0.1) is 12.5 Å². The highest BCUT2D eigenvalue weighted by Gasteiger charge is 2.45. The van der Waals surface area contributed by atoms with Gasteiger partial charge in [-0.1, -0.05) is 45.0 Å². The van der Waals surface area contributed by atoms with Gasteiger partial charge in [-0.2, -0.15) is 0 Å². The number of benzene rings is 1. The molecule has 0 spiro atoms. The van der Waals surface area contributed by atoms with Gasteiger partial charge in [-0.25, -0.2) is 0 Å². The summed E-state index contributed by atoms with van der Waals surface area (Å²) in [4.78, 5) is 11.6. The molecule has 98 valence electrons. The van der Waals surface area contributed by atoms with Gasteiger partial charge >= 0.3 is 5.97 Å². The SMILES string of the molecule is CCOC(=O)[C@@H]1C[C@@H]1c1ccc(C(C)(C)C)cc1. The third-order valence-corrected chi connectivity index (χ3v) is 3.58. The van der Waals surface area contributed by atoms with E-state index in [1.54, 1.807) is 0 Å². The molecule has 0 amide bonds. The quantitative estimate of drug-likeness (QED) is 0.761. The molecular formula is C16H22O2. The minimum Gasteiger partial charge on any atom is -0.466 e. The van der Waals surface area contributed by atoms with Gasteiger partial charge in [0.1, 0.15) is 0 Å². The van der Waals surface area contributed by atoms with Crippen LogP contribution in [0, 0.1) is 5.92 Å². The highest BCUT2D eigenvalue weighted by atomic mass is 16.5. The van der Waals surface area contributed by atoms with Crippen LogP contribution in [0.2, 0.25) is 0 Å². The lowest BCUT2D eigenvalue weighted by molar-refractivity contribution is -0.144. The van der Waals surface area contributed by atoms with Gasteiger partial charge < -0.3 is 4.74 Å². The van der Waals surface area contributed by atoms with Crippen LogP contribution in [-0.4, -0.2) is 12.6 Å². The maximum absolute atomic E-state index is 11.6. The smallest absolute Gasteiger partial charge is 0.309 e. The van der Waals surface area contributed by atoms with E-state index in [4.69, 9.17) is 4.74 Å². The van der Waals surface area contributed by atoms with Gasteiger partial charge in [0.15, 0.2) is 0 Å². The summed E-state index contributed by atoms with van der Waals surface area (Å²) in [6, 6.07) is 8.67. The standard InChI is InChI=1S/C16H22O2/c1-5-18-15(17)14-10-13(14)11-6-8-12(9-7-11)16(2,3)4/h6-9,13-14H,5,10H2,1-4H3/t13-,14-/m1/s1. The molecular weight excluding hydrogens is 224 g/mol. The Bertz CT molecular complexity index is 425. The second-order valence-corrected chi connectivity index (χ2v) is 6.07. The van der Waals surface area contributed by atoms with Crippen molar-refractivity contribution in [2.75, 3.05) is 6.61 Å². The number of carbonyl (C=O) groups is 1. The molecule has 0 saturated heterocycles. The molecule has 2 heteroatoms. The maximum Gasteiger partial charge on any atom is 0.309 e. The Labute approximate surface area is 109 Å². The van der Waals surface area contributed by atoms with Gasteiger partial charge in [-0.15, -0.1) is 0 Å². The minimum atomic E-state index is -0.0394. The Morgan fingerprint density at radius 3 is 2.39 bits per heavy atom. The Kier molecular flexibility index (Phi) is 3.47. The van der Waals surface area contributed by atoms with Crippen molar-refractivity contribution in [3.8, 4) is 0 Å². The summed E-state index contributed by atoms with van der Waals surface area (Å²) >= 11 is 0. The fraction of sp³-hybridized carbons (Fsp3) is 0.562. The van der Waals surface area contributed by atoms with Gasteiger partial charge in [0.25, 0.3) is 0 Å². The predicted octanol–water partition coefficient (Wildman–Crippen LogP) is 3.65. The zero-order valence-electron chi connectivity index (χ0n) is 11.7. The molecule has 0 aromatic heterocycles. The zero-order chi connectivity index (χ0) is 13.3. The summed E-state index contributed by atoms with van der Waals surface area (Å²) in [7, 11) is 0. The van der Waals surface area contributed by atoms with Crippen molar-refractivity contribution in [1.82, 2.24) is 0 Å². The average molecular weight is 246 g/mol. The summed E-state index contributed by atoms with van der Waals surface area (Å²) in [5.74, 6) is 0.422. The molecule has 1 fully saturated rings. The normalized spacial score (nSPS) is 22.7. The first-order chi connectivity index (χ1) is 8.43. The summed E-state index contributed by atoms with van der Waals surface area (Å²) in [6.07, 6.45) is 0.938. The molecule has 2 rings (SSSR count). The molecule has 0 N–H and O–H groups in total. The van der Waals surface area contributed by atoms with E-state index in [0.29, 0.717) is 12.5 Å². The number of carbonyl (C=O) groups excluding carboxylic acids is 1. The van der Waals surface area contributed by atoms with Crippen LogP contribution in [0.15, 0.2) is 24.3 Å². The molecule has 0 heterocycles. The Morgan fingerprint density at radius 1 is 1.28 bits per heavy atom. The van der Waals surface area contributed by atoms with E-state index >= 15 is 0 Å². The predicted molar refractivity (Wildman–Crippen MR) is 72.6 cm³/mol. The van der Waals surface area contributed by atoms with Gasteiger partial charge in [0.2, 0.25) is 0 Å². The topological polar surface area (TPSA) is 26.3 Å². The number of esters is 1. The highest BCUT2D eigenvalue weighted by molar-refractivity contribution is 5.77. The van der Waals surface area contributed by atoms with Crippen LogP contribution in [0.4, 0.5) is 0 Å². The van der Waals surface area contributed by atoms with Crippen molar-refractivity contribution in [2.45, 2.75) is 45.4 Å². The van der Waals surface area contributed by atoms with Crippen LogP contribution < -0.4 is 0 Å². The number of ether oxygens (including phenoxy) is 1. The lowest BCUT2D eigenvalue weighted by Crippen LogP contribution is -2.11. The Morgan fingerprint density at radius 2 is 1.89 bits per heavy atom. The second kappa shape index (κ2) is 4.75. The number of hydrogen-bond acceptors (Lipinski definition) is 2. The molecule has 1 aromatic carbocycles. The first kappa shape index (κ1) is 13.1. The van der Waals surface area contributed by atoms with E-state index in [9.17, 15) is 4.79 Å². The van der Waals surface area contributed by atoms with Crippen LogP contribution in [0.25, 0.3) is 0 Å². The lowest BCUT2D eigenvalue weighted by atomic mass is 9.86. The largest absolute Gasteiger partial charge is 0.466 e. The van der Waals surface area contributed by atoms with Crippen LogP contribution in [0.5, 0.6) is 0 Å².